The maximum absolute atomic E-state index is 11.3. The highest BCUT2D eigenvalue weighted by Gasteiger charge is 2.05. The first-order valence-electron chi connectivity index (χ1n) is 3.91. The summed E-state index contributed by atoms with van der Waals surface area (Å²) in [6.07, 6.45) is 0. The molecule has 0 radical (unpaired) electrons. The van der Waals surface area contributed by atoms with Crippen LogP contribution in [0.2, 0.25) is 5.15 Å². The summed E-state index contributed by atoms with van der Waals surface area (Å²) < 4.78 is 2.38. The van der Waals surface area contributed by atoms with Crippen molar-refractivity contribution in [2.75, 3.05) is 0 Å². The maximum Gasteiger partial charge on any atom is 0.349 e. The van der Waals surface area contributed by atoms with Crippen LogP contribution in [-0.4, -0.2) is 9.55 Å². The summed E-state index contributed by atoms with van der Waals surface area (Å²) in [5.74, 6) is 0. The number of rotatable bonds is 0. The largest absolute Gasteiger partial charge is 0.349 e. The third-order valence-corrected chi connectivity index (χ3v) is 2.80. The molecule has 0 N–H and O–H groups in total. The zero-order valence-corrected chi connectivity index (χ0v) is 9.63. The van der Waals surface area contributed by atoms with Gasteiger partial charge in [-0.15, -0.1) is 0 Å². The fourth-order valence-corrected chi connectivity index (χ4v) is 1.87. The van der Waals surface area contributed by atoms with Crippen LogP contribution in [0.5, 0.6) is 0 Å². The van der Waals surface area contributed by atoms with Gasteiger partial charge in [-0.2, -0.15) is 4.98 Å². The van der Waals surface area contributed by atoms with Gasteiger partial charge in [-0.1, -0.05) is 27.5 Å². The van der Waals surface area contributed by atoms with Crippen LogP contribution in [0, 0.1) is 0 Å². The normalized spacial score (nSPS) is 10.8. The van der Waals surface area contributed by atoms with Crippen molar-refractivity contribution in [3.63, 3.8) is 0 Å². The fourth-order valence-electron chi connectivity index (χ4n) is 1.29. The lowest BCUT2D eigenvalue weighted by atomic mass is 10.2. The number of halogens is 2. The molecule has 0 saturated carbocycles. The molecule has 0 aliphatic rings. The number of nitrogens with zero attached hydrogens (tertiary/aromatic N) is 2. The number of aryl methyl sites for hydroxylation is 1. The third kappa shape index (κ3) is 1.44. The van der Waals surface area contributed by atoms with E-state index in [9.17, 15) is 4.79 Å². The van der Waals surface area contributed by atoms with Crippen LogP contribution in [0.3, 0.4) is 0 Å². The molecule has 3 nitrogen and oxygen atoms in total. The van der Waals surface area contributed by atoms with Crippen molar-refractivity contribution >= 4 is 38.4 Å². The lowest BCUT2D eigenvalue weighted by molar-refractivity contribution is 0.853. The van der Waals surface area contributed by atoms with Crippen molar-refractivity contribution in [3.8, 4) is 0 Å². The van der Waals surface area contributed by atoms with Gasteiger partial charge in [-0.05, 0) is 18.2 Å². The van der Waals surface area contributed by atoms with Crippen LogP contribution >= 0.6 is 27.5 Å². The SMILES string of the molecule is Cn1c(=O)nc(Cl)c2cc(Br)ccc21. The Kier molecular flexibility index (Phi) is 2.33. The standard InChI is InChI=1S/C9H6BrClN2O/c1-13-7-3-2-5(10)4-6(7)8(11)12-9(13)14/h2-4H,1H3. The topological polar surface area (TPSA) is 34.9 Å². The molecule has 14 heavy (non-hydrogen) atoms. The summed E-state index contributed by atoms with van der Waals surface area (Å²) in [5, 5.41) is 1.01. The zero-order chi connectivity index (χ0) is 10.3. The number of hydrogen-bond acceptors (Lipinski definition) is 2. The summed E-state index contributed by atoms with van der Waals surface area (Å²) in [7, 11) is 1.67. The van der Waals surface area contributed by atoms with Gasteiger partial charge in [0.25, 0.3) is 0 Å². The molecule has 1 aromatic heterocycles. The van der Waals surface area contributed by atoms with E-state index in [1.165, 1.54) is 4.57 Å². The zero-order valence-electron chi connectivity index (χ0n) is 7.29. The van der Waals surface area contributed by atoms with Gasteiger partial charge in [0.1, 0.15) is 5.15 Å². The van der Waals surface area contributed by atoms with Crippen LogP contribution < -0.4 is 5.69 Å². The molecule has 2 aromatic rings. The van der Waals surface area contributed by atoms with Crippen LogP contribution in [-0.2, 0) is 7.05 Å². The van der Waals surface area contributed by atoms with E-state index in [4.69, 9.17) is 11.6 Å². The fraction of sp³-hybridized carbons (Fsp3) is 0.111. The summed E-state index contributed by atoms with van der Waals surface area (Å²) in [6.45, 7) is 0. The van der Waals surface area contributed by atoms with E-state index in [1.807, 2.05) is 18.2 Å². The highest BCUT2D eigenvalue weighted by molar-refractivity contribution is 9.10. The summed E-state index contributed by atoms with van der Waals surface area (Å²) in [6, 6.07) is 5.52. The van der Waals surface area contributed by atoms with Gasteiger partial charge in [-0.25, -0.2) is 4.79 Å². The van der Waals surface area contributed by atoms with Gasteiger partial charge >= 0.3 is 5.69 Å². The molecule has 5 heteroatoms. The Hall–Kier alpha value is -0.870. The minimum absolute atomic E-state index is 0.240. The summed E-state index contributed by atoms with van der Waals surface area (Å²) in [5.41, 5.74) is 0.433. The minimum Gasteiger partial charge on any atom is -0.295 e. The average Bonchev–Trinajstić information content (AvgIpc) is 2.14. The second-order valence-corrected chi connectivity index (χ2v) is 4.18. The Balaban J connectivity index is 3.02. The Morgan fingerprint density at radius 2 is 2.21 bits per heavy atom. The first kappa shape index (κ1) is 9.68. The van der Waals surface area contributed by atoms with Crippen molar-refractivity contribution in [3.05, 3.63) is 38.3 Å². The first-order valence-corrected chi connectivity index (χ1v) is 5.08. The minimum atomic E-state index is -0.343. The molecule has 0 bridgehead atoms. The average molecular weight is 274 g/mol. The lowest BCUT2D eigenvalue weighted by Gasteiger charge is -2.04. The molecule has 0 aliphatic heterocycles. The Bertz CT molecular complexity index is 564. The van der Waals surface area contributed by atoms with Crippen molar-refractivity contribution < 1.29 is 0 Å². The predicted molar refractivity (Wildman–Crippen MR) is 59.7 cm³/mol. The predicted octanol–water partition coefficient (Wildman–Crippen LogP) is 2.35. The molecule has 0 spiro atoms. The van der Waals surface area contributed by atoms with E-state index in [1.54, 1.807) is 7.05 Å². The Labute approximate surface area is 93.5 Å². The van der Waals surface area contributed by atoms with Crippen molar-refractivity contribution in [1.82, 2.24) is 9.55 Å². The molecule has 0 saturated heterocycles. The smallest absolute Gasteiger partial charge is 0.295 e. The highest BCUT2D eigenvalue weighted by Crippen LogP contribution is 2.22. The molecule has 0 amide bonds. The summed E-state index contributed by atoms with van der Waals surface area (Å²) in [4.78, 5) is 15.0. The van der Waals surface area contributed by atoms with Crippen LogP contribution in [0.15, 0.2) is 27.5 Å². The van der Waals surface area contributed by atoms with Gasteiger partial charge in [0.15, 0.2) is 0 Å². The van der Waals surface area contributed by atoms with E-state index >= 15 is 0 Å². The van der Waals surface area contributed by atoms with Crippen LogP contribution in [0.1, 0.15) is 0 Å². The monoisotopic (exact) mass is 272 g/mol. The highest BCUT2D eigenvalue weighted by atomic mass is 79.9. The van der Waals surface area contributed by atoms with Crippen molar-refractivity contribution in [2.24, 2.45) is 7.05 Å². The van der Waals surface area contributed by atoms with Gasteiger partial charge in [-0.3, -0.25) is 4.57 Å². The Morgan fingerprint density at radius 1 is 1.50 bits per heavy atom. The second kappa shape index (κ2) is 3.37. The molecule has 0 atom stereocenters. The number of benzene rings is 1. The maximum atomic E-state index is 11.3. The molecule has 72 valence electrons. The number of fused-ring (bicyclic) bond motifs is 1. The molecular weight excluding hydrogens is 267 g/mol. The first-order chi connectivity index (χ1) is 6.59. The molecule has 1 heterocycles. The van der Waals surface area contributed by atoms with Gasteiger partial charge in [0.2, 0.25) is 0 Å². The Morgan fingerprint density at radius 3 is 2.93 bits per heavy atom. The van der Waals surface area contributed by atoms with E-state index < -0.39 is 0 Å². The van der Waals surface area contributed by atoms with Gasteiger partial charge in [0.05, 0.1) is 5.52 Å². The second-order valence-electron chi connectivity index (χ2n) is 2.91. The molecule has 2 rings (SSSR count). The van der Waals surface area contributed by atoms with E-state index in [-0.39, 0.29) is 10.8 Å². The van der Waals surface area contributed by atoms with E-state index in [0.717, 1.165) is 15.4 Å². The molecule has 0 unspecified atom stereocenters. The van der Waals surface area contributed by atoms with Crippen LogP contribution in [0.4, 0.5) is 0 Å². The van der Waals surface area contributed by atoms with Gasteiger partial charge < -0.3 is 0 Å². The molecule has 0 aliphatic carbocycles. The quantitative estimate of drug-likeness (QED) is 0.691. The molecule has 0 fully saturated rings. The van der Waals surface area contributed by atoms with E-state index in [2.05, 4.69) is 20.9 Å². The summed E-state index contributed by atoms with van der Waals surface area (Å²) >= 11 is 9.20. The van der Waals surface area contributed by atoms with Crippen molar-refractivity contribution in [1.29, 1.82) is 0 Å². The molecule has 1 aromatic carbocycles. The lowest BCUT2D eigenvalue weighted by Crippen LogP contribution is -2.20. The van der Waals surface area contributed by atoms with Crippen LogP contribution in [0.25, 0.3) is 10.9 Å². The molecular formula is C9H6BrClN2O. The number of aromatic nitrogens is 2. The third-order valence-electron chi connectivity index (χ3n) is 2.02. The van der Waals surface area contributed by atoms with Crippen molar-refractivity contribution in [2.45, 2.75) is 0 Å². The van der Waals surface area contributed by atoms with E-state index in [0.29, 0.717) is 0 Å². The van der Waals surface area contributed by atoms with Gasteiger partial charge in [0, 0.05) is 16.9 Å². The number of hydrogen-bond donors (Lipinski definition) is 0.